The minimum atomic E-state index is -0.720. The van der Waals surface area contributed by atoms with E-state index in [0.29, 0.717) is 17.1 Å². The molecule has 0 bridgehead atoms. The summed E-state index contributed by atoms with van der Waals surface area (Å²) in [4.78, 5) is 34.5. The second-order valence-corrected chi connectivity index (χ2v) is 4.88. The van der Waals surface area contributed by atoms with Crippen molar-refractivity contribution < 1.29 is 28.3 Å². The highest BCUT2D eigenvalue weighted by Gasteiger charge is 2.16. The van der Waals surface area contributed by atoms with Crippen molar-refractivity contribution in [3.05, 3.63) is 53.3 Å². The lowest BCUT2D eigenvalue weighted by atomic mass is 10.1. The highest BCUT2D eigenvalue weighted by Crippen LogP contribution is 2.24. The standard InChI is InChI=1S/C18H16O6/c1-11(19)15(18(21)23-3)10-14-8-9-16(24-14)12-4-6-13(7-5-12)17(20)22-2/h4-10H,1-3H3. The van der Waals surface area contributed by atoms with Gasteiger partial charge >= 0.3 is 11.9 Å². The molecule has 0 saturated heterocycles. The molecule has 2 rings (SSSR count). The molecule has 0 amide bonds. The molecule has 0 spiro atoms. The monoisotopic (exact) mass is 328 g/mol. The molecule has 0 atom stereocenters. The number of esters is 2. The van der Waals surface area contributed by atoms with Crippen molar-refractivity contribution in [2.24, 2.45) is 0 Å². The molecule has 1 aromatic heterocycles. The average molecular weight is 328 g/mol. The van der Waals surface area contributed by atoms with Gasteiger partial charge in [-0.15, -0.1) is 0 Å². The van der Waals surface area contributed by atoms with Crippen LogP contribution in [0, 0.1) is 0 Å². The Balaban J connectivity index is 2.28. The van der Waals surface area contributed by atoms with Gasteiger partial charge in [0.2, 0.25) is 0 Å². The number of ketones is 1. The average Bonchev–Trinajstić information content (AvgIpc) is 3.07. The van der Waals surface area contributed by atoms with Gasteiger partial charge in [0.15, 0.2) is 5.78 Å². The van der Waals surface area contributed by atoms with E-state index in [4.69, 9.17) is 4.42 Å². The molecule has 124 valence electrons. The van der Waals surface area contributed by atoms with Crippen LogP contribution in [-0.4, -0.2) is 31.9 Å². The van der Waals surface area contributed by atoms with Crippen LogP contribution in [0.4, 0.5) is 0 Å². The van der Waals surface area contributed by atoms with Crippen molar-refractivity contribution in [3.8, 4) is 11.3 Å². The quantitative estimate of drug-likeness (QED) is 0.363. The Labute approximate surface area is 138 Å². The van der Waals surface area contributed by atoms with Crippen molar-refractivity contribution in [3.63, 3.8) is 0 Å². The Kier molecular flexibility index (Phi) is 5.31. The van der Waals surface area contributed by atoms with E-state index in [1.54, 1.807) is 36.4 Å². The predicted octanol–water partition coefficient (Wildman–Crippen LogP) is 2.88. The molecule has 2 aromatic rings. The van der Waals surface area contributed by atoms with Crippen molar-refractivity contribution in [2.45, 2.75) is 6.92 Å². The van der Waals surface area contributed by atoms with Crippen LogP contribution in [0.1, 0.15) is 23.0 Å². The molecule has 0 aliphatic heterocycles. The lowest BCUT2D eigenvalue weighted by Gasteiger charge is -2.01. The van der Waals surface area contributed by atoms with E-state index in [1.807, 2.05) is 0 Å². The number of hydrogen-bond donors (Lipinski definition) is 0. The number of methoxy groups -OCH3 is 2. The fraction of sp³-hybridized carbons (Fsp3) is 0.167. The van der Waals surface area contributed by atoms with E-state index in [1.165, 1.54) is 27.2 Å². The minimum Gasteiger partial charge on any atom is -0.465 e. The fourth-order valence-corrected chi connectivity index (χ4v) is 2.03. The number of carbonyl (C=O) groups excluding carboxylic acids is 3. The molecule has 6 nitrogen and oxygen atoms in total. The molecule has 0 saturated carbocycles. The van der Waals surface area contributed by atoms with Gasteiger partial charge in [0.05, 0.1) is 19.8 Å². The highest BCUT2D eigenvalue weighted by atomic mass is 16.5. The fourth-order valence-electron chi connectivity index (χ4n) is 2.03. The molecular weight excluding hydrogens is 312 g/mol. The molecule has 0 N–H and O–H groups in total. The summed E-state index contributed by atoms with van der Waals surface area (Å²) < 4.78 is 14.8. The van der Waals surface area contributed by atoms with Crippen molar-refractivity contribution >= 4 is 23.8 Å². The summed E-state index contributed by atoms with van der Waals surface area (Å²) in [5.41, 5.74) is 1.07. The number of Topliss-reactive ketones (excluding diaryl/α,β-unsaturated/α-hetero) is 1. The first kappa shape index (κ1) is 17.2. The highest BCUT2D eigenvalue weighted by molar-refractivity contribution is 6.19. The number of rotatable bonds is 5. The maximum Gasteiger partial charge on any atom is 0.341 e. The van der Waals surface area contributed by atoms with Gasteiger partial charge in [-0.1, -0.05) is 12.1 Å². The number of ether oxygens (including phenoxy) is 2. The van der Waals surface area contributed by atoms with E-state index in [2.05, 4.69) is 9.47 Å². The zero-order valence-electron chi connectivity index (χ0n) is 13.5. The zero-order valence-corrected chi connectivity index (χ0v) is 13.5. The smallest absolute Gasteiger partial charge is 0.341 e. The van der Waals surface area contributed by atoms with E-state index >= 15 is 0 Å². The minimum absolute atomic E-state index is 0.0977. The van der Waals surface area contributed by atoms with Gasteiger partial charge in [-0.3, -0.25) is 4.79 Å². The summed E-state index contributed by atoms with van der Waals surface area (Å²) in [5, 5.41) is 0. The van der Waals surface area contributed by atoms with Gasteiger partial charge < -0.3 is 13.9 Å². The first-order valence-corrected chi connectivity index (χ1v) is 7.05. The summed E-state index contributed by atoms with van der Waals surface area (Å²) in [5.74, 6) is -0.679. The molecule has 0 fully saturated rings. The van der Waals surface area contributed by atoms with E-state index < -0.39 is 17.7 Å². The van der Waals surface area contributed by atoms with Crippen LogP contribution in [0.5, 0.6) is 0 Å². The molecule has 1 aromatic carbocycles. The van der Waals surface area contributed by atoms with E-state index in [-0.39, 0.29) is 5.57 Å². The summed E-state index contributed by atoms with van der Waals surface area (Å²) in [6, 6.07) is 10.0. The normalized spacial score (nSPS) is 11.0. The van der Waals surface area contributed by atoms with Crippen LogP contribution in [0.2, 0.25) is 0 Å². The second kappa shape index (κ2) is 7.41. The molecule has 0 aliphatic carbocycles. The van der Waals surface area contributed by atoms with Gasteiger partial charge in [-0.25, -0.2) is 9.59 Å². The zero-order chi connectivity index (χ0) is 17.7. The Morgan fingerprint density at radius 1 is 0.958 bits per heavy atom. The molecule has 1 heterocycles. The van der Waals surface area contributed by atoms with E-state index in [9.17, 15) is 14.4 Å². The maximum atomic E-state index is 11.6. The third-order valence-corrected chi connectivity index (χ3v) is 3.29. The van der Waals surface area contributed by atoms with Crippen molar-refractivity contribution in [1.29, 1.82) is 0 Å². The first-order valence-electron chi connectivity index (χ1n) is 7.05. The summed E-state index contributed by atoms with van der Waals surface area (Å²) in [6.45, 7) is 1.28. The molecule has 0 unspecified atom stereocenters. The Bertz CT molecular complexity index is 795. The van der Waals surface area contributed by atoms with Crippen LogP contribution in [0.3, 0.4) is 0 Å². The second-order valence-electron chi connectivity index (χ2n) is 4.88. The SMILES string of the molecule is COC(=O)C(=Cc1ccc(-c2ccc(C(=O)OC)cc2)o1)C(C)=O. The van der Waals surface area contributed by atoms with Gasteiger partial charge in [0.25, 0.3) is 0 Å². The van der Waals surface area contributed by atoms with Gasteiger partial charge in [0.1, 0.15) is 17.1 Å². The Morgan fingerprint density at radius 3 is 2.17 bits per heavy atom. The van der Waals surface area contributed by atoms with Gasteiger partial charge in [0, 0.05) is 5.56 Å². The van der Waals surface area contributed by atoms with Crippen molar-refractivity contribution in [2.75, 3.05) is 14.2 Å². The molecule has 0 aliphatic rings. The largest absolute Gasteiger partial charge is 0.465 e. The molecule has 24 heavy (non-hydrogen) atoms. The summed E-state index contributed by atoms with van der Waals surface area (Å²) in [7, 11) is 2.52. The predicted molar refractivity (Wildman–Crippen MR) is 86.2 cm³/mol. The van der Waals surface area contributed by atoms with Gasteiger partial charge in [-0.2, -0.15) is 0 Å². The lowest BCUT2D eigenvalue weighted by Crippen LogP contribution is -2.11. The summed E-state index contributed by atoms with van der Waals surface area (Å²) in [6.07, 6.45) is 1.33. The van der Waals surface area contributed by atoms with Crippen LogP contribution < -0.4 is 0 Å². The van der Waals surface area contributed by atoms with E-state index in [0.717, 1.165) is 5.56 Å². The number of furan rings is 1. The summed E-state index contributed by atoms with van der Waals surface area (Å²) >= 11 is 0. The maximum absolute atomic E-state index is 11.6. The van der Waals surface area contributed by atoms with Crippen molar-refractivity contribution in [1.82, 2.24) is 0 Å². The molecule has 0 radical (unpaired) electrons. The number of carbonyl (C=O) groups is 3. The Hall–Kier alpha value is -3.15. The lowest BCUT2D eigenvalue weighted by molar-refractivity contribution is -0.137. The molecule has 6 heteroatoms. The van der Waals surface area contributed by atoms with Crippen LogP contribution in [0.25, 0.3) is 17.4 Å². The third kappa shape index (κ3) is 3.78. The third-order valence-electron chi connectivity index (χ3n) is 3.29. The van der Waals surface area contributed by atoms with Crippen LogP contribution >= 0.6 is 0 Å². The topological polar surface area (TPSA) is 82.8 Å². The first-order chi connectivity index (χ1) is 11.5. The van der Waals surface area contributed by atoms with Crippen LogP contribution in [0.15, 0.2) is 46.4 Å². The number of benzene rings is 1. The van der Waals surface area contributed by atoms with Gasteiger partial charge in [-0.05, 0) is 37.3 Å². The number of hydrogen-bond acceptors (Lipinski definition) is 6. The Morgan fingerprint density at radius 2 is 1.62 bits per heavy atom. The molecular formula is C18H16O6. The van der Waals surface area contributed by atoms with Crippen LogP contribution in [-0.2, 0) is 19.1 Å².